The number of rotatable bonds is 5. The maximum atomic E-state index is 5.65. The largest absolute Gasteiger partial charge is 0.126 e. The van der Waals surface area contributed by atoms with Gasteiger partial charge < -0.3 is 0 Å². The third kappa shape index (κ3) is 7.33. The van der Waals surface area contributed by atoms with E-state index in [2.05, 4.69) is 44.9 Å². The fourth-order valence-electron chi connectivity index (χ4n) is 0.848. The lowest BCUT2D eigenvalue weighted by Crippen LogP contribution is -2.00. The Balaban J connectivity index is 4.15. The van der Waals surface area contributed by atoms with Crippen molar-refractivity contribution in [3.8, 4) is 0 Å². The minimum absolute atomic E-state index is 0.316. The lowest BCUT2D eigenvalue weighted by molar-refractivity contribution is 0.999. The predicted octanol–water partition coefficient (Wildman–Crippen LogP) is 5.23. The summed E-state index contributed by atoms with van der Waals surface area (Å²) in [6.07, 6.45) is 5.00. The molecule has 14 heavy (non-hydrogen) atoms. The molecule has 1 atom stereocenters. The molecule has 82 valence electrons. The third-order valence-corrected chi connectivity index (χ3v) is 4.00. The van der Waals surface area contributed by atoms with Gasteiger partial charge in [0.2, 0.25) is 0 Å². The molecule has 0 aliphatic rings. The van der Waals surface area contributed by atoms with Gasteiger partial charge in [0.15, 0.2) is 0 Å². The molecule has 0 radical (unpaired) electrons. The summed E-state index contributed by atoms with van der Waals surface area (Å²) in [5.74, 6) is 0. The third-order valence-electron chi connectivity index (χ3n) is 1.77. The first kappa shape index (κ1) is 15.0. The topological polar surface area (TPSA) is 0 Å². The fraction of sp³-hybridized carbons (Fsp3) is 0.600. The molecule has 0 heterocycles. The van der Waals surface area contributed by atoms with Crippen LogP contribution in [0.15, 0.2) is 23.3 Å². The zero-order valence-electron chi connectivity index (χ0n) is 8.24. The Bertz CT molecular complexity index is 222. The molecular formula is C10H14Br2Cl2. The lowest BCUT2D eigenvalue weighted by atomic mass is 10.1. The van der Waals surface area contributed by atoms with Crippen LogP contribution < -0.4 is 0 Å². The van der Waals surface area contributed by atoms with Gasteiger partial charge in [0.25, 0.3) is 0 Å². The predicted molar refractivity (Wildman–Crippen MR) is 74.1 cm³/mol. The van der Waals surface area contributed by atoms with Gasteiger partial charge in [0.05, 0.1) is 0 Å². The summed E-state index contributed by atoms with van der Waals surface area (Å²) in [6, 6.07) is 0. The van der Waals surface area contributed by atoms with Crippen LogP contribution in [0.2, 0.25) is 0 Å². The zero-order valence-corrected chi connectivity index (χ0v) is 12.9. The van der Waals surface area contributed by atoms with Crippen LogP contribution in [0.3, 0.4) is 0 Å². The molecule has 0 fully saturated rings. The lowest BCUT2D eigenvalue weighted by Gasteiger charge is -2.08. The van der Waals surface area contributed by atoms with Gasteiger partial charge in [-0.2, -0.15) is 0 Å². The highest BCUT2D eigenvalue weighted by atomic mass is 79.9. The van der Waals surface area contributed by atoms with Crippen LogP contribution >= 0.6 is 55.1 Å². The maximum Gasteiger partial charge on any atom is 0.126 e. The smallest absolute Gasteiger partial charge is 0.101 e. The average molecular weight is 365 g/mol. The molecule has 0 aromatic carbocycles. The van der Waals surface area contributed by atoms with E-state index < -0.39 is 4.84 Å². The summed E-state index contributed by atoms with van der Waals surface area (Å²) in [7, 11) is 0. The normalized spacial score (nSPS) is 16.2. The molecule has 0 bridgehead atoms. The summed E-state index contributed by atoms with van der Waals surface area (Å²) in [4.78, 5) is -0.104. The molecule has 0 rings (SSSR count). The van der Waals surface area contributed by atoms with Crippen molar-refractivity contribution in [2.24, 2.45) is 0 Å². The van der Waals surface area contributed by atoms with Gasteiger partial charge in [0, 0.05) is 10.2 Å². The molecule has 1 unspecified atom stereocenters. The van der Waals surface area contributed by atoms with E-state index in [1.807, 2.05) is 13.0 Å². The Kier molecular flexibility index (Phi) is 8.80. The van der Waals surface area contributed by atoms with Crippen molar-refractivity contribution in [2.45, 2.75) is 29.9 Å². The number of hydrogen-bond acceptors (Lipinski definition) is 0. The molecule has 0 aromatic heterocycles. The van der Waals surface area contributed by atoms with Crippen LogP contribution in [0.5, 0.6) is 0 Å². The Morgan fingerprint density at radius 1 is 1.36 bits per heavy atom. The number of alkyl halides is 4. The standard InChI is InChI=1S/C10H14Br2Cl2/c1-7(6-11)3-4-9(12)8(2)5-10(13)14/h3,5,9-10H,4,6H2,1-2H3/b7-3+,8-5+. The van der Waals surface area contributed by atoms with Crippen molar-refractivity contribution in [3.05, 3.63) is 23.3 Å². The second kappa shape index (κ2) is 8.20. The van der Waals surface area contributed by atoms with Crippen LogP contribution in [0, 0.1) is 0 Å². The zero-order chi connectivity index (χ0) is 11.1. The summed E-state index contributed by atoms with van der Waals surface area (Å²) < 4.78 is 0. The van der Waals surface area contributed by atoms with Crippen LogP contribution in [0.1, 0.15) is 20.3 Å². The van der Waals surface area contributed by atoms with Crippen LogP contribution in [0.25, 0.3) is 0 Å². The Hall–Kier alpha value is 1.02. The number of hydrogen-bond donors (Lipinski definition) is 0. The van der Waals surface area contributed by atoms with Crippen molar-refractivity contribution in [1.82, 2.24) is 0 Å². The van der Waals surface area contributed by atoms with E-state index in [0.29, 0.717) is 4.83 Å². The fourth-order valence-corrected chi connectivity index (χ4v) is 1.81. The number of allylic oxidation sites excluding steroid dienone is 4. The van der Waals surface area contributed by atoms with Crippen molar-refractivity contribution in [3.63, 3.8) is 0 Å². The molecule has 0 spiro atoms. The van der Waals surface area contributed by atoms with E-state index in [9.17, 15) is 0 Å². The van der Waals surface area contributed by atoms with Crippen LogP contribution in [-0.2, 0) is 0 Å². The Morgan fingerprint density at radius 2 is 1.93 bits per heavy atom. The minimum atomic E-state index is -0.420. The van der Waals surface area contributed by atoms with E-state index in [1.54, 1.807) is 0 Å². The molecule has 0 nitrogen and oxygen atoms in total. The monoisotopic (exact) mass is 362 g/mol. The SMILES string of the molecule is C/C(=C\CC(Br)/C(C)=C/C(Cl)Cl)CBr. The van der Waals surface area contributed by atoms with Gasteiger partial charge in [-0.15, -0.1) is 23.2 Å². The van der Waals surface area contributed by atoms with Gasteiger partial charge in [-0.1, -0.05) is 55.2 Å². The molecule has 4 heteroatoms. The van der Waals surface area contributed by atoms with Crippen molar-refractivity contribution in [2.75, 3.05) is 5.33 Å². The van der Waals surface area contributed by atoms with Crippen LogP contribution in [-0.4, -0.2) is 15.0 Å². The van der Waals surface area contributed by atoms with Gasteiger partial charge >= 0.3 is 0 Å². The molecule has 0 aromatic rings. The molecule has 0 saturated carbocycles. The van der Waals surface area contributed by atoms with Crippen molar-refractivity contribution >= 4 is 55.1 Å². The van der Waals surface area contributed by atoms with Gasteiger partial charge in [-0.3, -0.25) is 0 Å². The average Bonchev–Trinajstić information content (AvgIpc) is 2.12. The number of halogens is 4. The maximum absolute atomic E-state index is 5.65. The van der Waals surface area contributed by atoms with Crippen molar-refractivity contribution in [1.29, 1.82) is 0 Å². The molecule has 0 N–H and O–H groups in total. The molecule has 0 aliphatic heterocycles. The quantitative estimate of drug-likeness (QED) is 0.462. The summed E-state index contributed by atoms with van der Waals surface area (Å²) in [6.45, 7) is 4.12. The van der Waals surface area contributed by atoms with Crippen molar-refractivity contribution < 1.29 is 0 Å². The second-order valence-electron chi connectivity index (χ2n) is 3.13. The molecular weight excluding hydrogens is 351 g/mol. The van der Waals surface area contributed by atoms with Crippen LogP contribution in [0.4, 0.5) is 0 Å². The molecule has 0 amide bonds. The highest BCUT2D eigenvalue weighted by Crippen LogP contribution is 2.20. The summed E-state index contributed by atoms with van der Waals surface area (Å²) in [5, 5.41) is 0.920. The van der Waals surface area contributed by atoms with E-state index in [4.69, 9.17) is 23.2 Å². The first-order valence-electron chi connectivity index (χ1n) is 4.29. The first-order chi connectivity index (χ1) is 6.47. The minimum Gasteiger partial charge on any atom is -0.101 e. The van der Waals surface area contributed by atoms with E-state index in [-0.39, 0.29) is 0 Å². The van der Waals surface area contributed by atoms with E-state index in [1.165, 1.54) is 11.1 Å². The highest BCUT2D eigenvalue weighted by Gasteiger charge is 2.06. The Morgan fingerprint density at radius 3 is 2.36 bits per heavy atom. The van der Waals surface area contributed by atoms with Gasteiger partial charge in [-0.05, 0) is 20.3 Å². The molecule has 0 aliphatic carbocycles. The first-order valence-corrected chi connectivity index (χ1v) is 7.20. The highest BCUT2D eigenvalue weighted by molar-refractivity contribution is 9.09. The second-order valence-corrected chi connectivity index (χ2v) is 5.96. The van der Waals surface area contributed by atoms with Gasteiger partial charge in [-0.25, -0.2) is 0 Å². The Labute approximate surface area is 113 Å². The molecule has 0 saturated heterocycles. The summed E-state index contributed by atoms with van der Waals surface area (Å²) >= 11 is 18.3. The van der Waals surface area contributed by atoms with E-state index >= 15 is 0 Å². The summed E-state index contributed by atoms with van der Waals surface area (Å²) in [5.41, 5.74) is 2.49. The van der Waals surface area contributed by atoms with Gasteiger partial charge in [0.1, 0.15) is 4.84 Å². The van der Waals surface area contributed by atoms with E-state index in [0.717, 1.165) is 11.8 Å².